The molecule has 0 spiro atoms. The van der Waals surface area contributed by atoms with E-state index in [1.165, 1.54) is 0 Å². The third kappa shape index (κ3) is 3.77. The first-order valence-electron chi connectivity index (χ1n) is 8.68. The summed E-state index contributed by atoms with van der Waals surface area (Å²) >= 11 is 0. The number of nitrogens with one attached hydrogen (secondary N) is 1. The molecule has 0 aromatic heterocycles. The maximum Gasteiger partial charge on any atom is 0.223 e. The van der Waals surface area contributed by atoms with Gasteiger partial charge < -0.3 is 5.32 Å². The van der Waals surface area contributed by atoms with E-state index >= 15 is 0 Å². The van der Waals surface area contributed by atoms with Crippen molar-refractivity contribution in [2.24, 2.45) is 5.92 Å². The van der Waals surface area contributed by atoms with E-state index < -0.39 is 9.84 Å². The monoisotopic (exact) mass is 335 g/mol. The van der Waals surface area contributed by atoms with E-state index in [2.05, 4.69) is 5.32 Å². The van der Waals surface area contributed by atoms with Crippen LogP contribution in [-0.4, -0.2) is 26.1 Å². The minimum Gasteiger partial charge on any atom is -0.356 e. The molecule has 0 bridgehead atoms. The fraction of sp³-hybridized carbons (Fsp3) is 0.611. The summed E-state index contributed by atoms with van der Waals surface area (Å²) < 4.78 is 25.0. The number of rotatable bonds is 6. The molecule has 2 fully saturated rings. The van der Waals surface area contributed by atoms with E-state index in [9.17, 15) is 13.2 Å². The van der Waals surface area contributed by atoms with E-state index in [0.717, 1.165) is 56.9 Å². The van der Waals surface area contributed by atoms with Crippen molar-refractivity contribution in [2.45, 2.75) is 61.5 Å². The molecule has 0 atom stereocenters. The molecule has 1 amide bonds. The number of carbonyl (C=O) groups excluding carboxylic acids is 1. The number of sulfone groups is 1. The zero-order chi connectivity index (χ0) is 16.3. The lowest BCUT2D eigenvalue weighted by atomic mass is 9.85. The van der Waals surface area contributed by atoms with Gasteiger partial charge in [-0.2, -0.15) is 0 Å². The molecule has 5 heteroatoms. The molecule has 1 aromatic rings. The average Bonchev–Trinajstić information content (AvgIpc) is 3.01. The van der Waals surface area contributed by atoms with Gasteiger partial charge in [0.2, 0.25) is 5.91 Å². The molecule has 0 heterocycles. The van der Waals surface area contributed by atoms with Crippen LogP contribution in [0.5, 0.6) is 0 Å². The smallest absolute Gasteiger partial charge is 0.223 e. The third-order valence-electron chi connectivity index (χ3n) is 5.18. The summed E-state index contributed by atoms with van der Waals surface area (Å²) in [4.78, 5) is 12.2. The number of benzene rings is 1. The Bertz CT molecular complexity index is 641. The quantitative estimate of drug-likeness (QED) is 0.869. The molecule has 4 nitrogen and oxygen atoms in total. The first kappa shape index (κ1) is 16.5. The van der Waals surface area contributed by atoms with Gasteiger partial charge in [-0.15, -0.1) is 0 Å². The van der Waals surface area contributed by atoms with Gasteiger partial charge in [-0.25, -0.2) is 8.42 Å². The van der Waals surface area contributed by atoms with E-state index in [4.69, 9.17) is 0 Å². The van der Waals surface area contributed by atoms with Gasteiger partial charge in [0.25, 0.3) is 0 Å². The van der Waals surface area contributed by atoms with Gasteiger partial charge in [-0.1, -0.05) is 31.4 Å². The Balaban J connectivity index is 1.53. The summed E-state index contributed by atoms with van der Waals surface area (Å²) in [6.07, 6.45) is 7.54. The van der Waals surface area contributed by atoms with Crippen LogP contribution in [0, 0.1) is 5.92 Å². The standard InChI is InChI=1S/C18H25NO3S/c20-18(15-4-3-5-15)19-13-12-14-8-10-17(11-9-14)23(21,22)16-6-1-2-7-16/h8-11,15-16H,1-7,12-13H2,(H,19,20). The maximum atomic E-state index is 12.5. The van der Waals surface area contributed by atoms with Crippen LogP contribution < -0.4 is 5.32 Å². The molecule has 2 aliphatic carbocycles. The van der Waals surface area contributed by atoms with Crippen LogP contribution >= 0.6 is 0 Å². The predicted octanol–water partition coefficient (Wildman–Crippen LogP) is 2.86. The Labute approximate surface area is 138 Å². The number of amides is 1. The van der Waals surface area contributed by atoms with Crippen molar-refractivity contribution < 1.29 is 13.2 Å². The van der Waals surface area contributed by atoms with Crippen LogP contribution in [0.3, 0.4) is 0 Å². The Morgan fingerprint density at radius 2 is 1.65 bits per heavy atom. The summed E-state index contributed by atoms with van der Waals surface area (Å²) in [7, 11) is -3.17. The molecule has 1 N–H and O–H groups in total. The minimum absolute atomic E-state index is 0.164. The van der Waals surface area contributed by atoms with Crippen LogP contribution in [0.2, 0.25) is 0 Å². The normalized spacial score (nSPS) is 19.5. The lowest BCUT2D eigenvalue weighted by Crippen LogP contribution is -2.35. The molecule has 1 aromatic carbocycles. The molecule has 0 saturated heterocycles. The zero-order valence-electron chi connectivity index (χ0n) is 13.5. The van der Waals surface area contributed by atoms with Crippen molar-refractivity contribution in [3.05, 3.63) is 29.8 Å². The van der Waals surface area contributed by atoms with Gasteiger partial charge in [-0.05, 0) is 49.8 Å². The molecule has 0 radical (unpaired) electrons. The van der Waals surface area contributed by atoms with Crippen molar-refractivity contribution in [3.63, 3.8) is 0 Å². The van der Waals surface area contributed by atoms with Crippen LogP contribution in [0.4, 0.5) is 0 Å². The average molecular weight is 335 g/mol. The minimum atomic E-state index is -3.17. The van der Waals surface area contributed by atoms with Crippen LogP contribution in [0.25, 0.3) is 0 Å². The van der Waals surface area contributed by atoms with E-state index in [0.29, 0.717) is 11.4 Å². The topological polar surface area (TPSA) is 63.2 Å². The van der Waals surface area contributed by atoms with Gasteiger partial charge in [0.15, 0.2) is 9.84 Å². The molecule has 0 unspecified atom stereocenters. The summed E-state index contributed by atoms with van der Waals surface area (Å²) in [5.74, 6) is 0.380. The van der Waals surface area contributed by atoms with Gasteiger partial charge in [-0.3, -0.25) is 4.79 Å². The van der Waals surface area contributed by atoms with Gasteiger partial charge in [0.1, 0.15) is 0 Å². The molecular formula is C18H25NO3S. The van der Waals surface area contributed by atoms with Crippen molar-refractivity contribution in [1.82, 2.24) is 5.32 Å². The van der Waals surface area contributed by atoms with Crippen molar-refractivity contribution in [2.75, 3.05) is 6.54 Å². The van der Waals surface area contributed by atoms with E-state index in [1.807, 2.05) is 12.1 Å². The highest BCUT2D eigenvalue weighted by molar-refractivity contribution is 7.92. The summed E-state index contributed by atoms with van der Waals surface area (Å²) in [6.45, 7) is 0.615. The third-order valence-corrected chi connectivity index (χ3v) is 7.46. The van der Waals surface area contributed by atoms with Crippen LogP contribution in [-0.2, 0) is 21.1 Å². The summed E-state index contributed by atoms with van der Waals surface area (Å²) in [6, 6.07) is 7.18. The largest absolute Gasteiger partial charge is 0.356 e. The van der Waals surface area contributed by atoms with Gasteiger partial charge in [0.05, 0.1) is 10.1 Å². The number of hydrogen-bond donors (Lipinski definition) is 1. The second kappa shape index (κ2) is 7.04. The lowest BCUT2D eigenvalue weighted by Gasteiger charge is -2.24. The maximum absolute atomic E-state index is 12.5. The first-order valence-corrected chi connectivity index (χ1v) is 10.2. The molecule has 126 valence electrons. The van der Waals surface area contributed by atoms with E-state index in [-0.39, 0.29) is 17.1 Å². The van der Waals surface area contributed by atoms with Crippen LogP contribution in [0.15, 0.2) is 29.2 Å². The zero-order valence-corrected chi connectivity index (χ0v) is 14.3. The highest BCUT2D eigenvalue weighted by Crippen LogP contribution is 2.29. The summed E-state index contributed by atoms with van der Waals surface area (Å²) in [5, 5.41) is 2.77. The molecule has 0 aliphatic heterocycles. The number of carbonyl (C=O) groups is 1. The SMILES string of the molecule is O=C(NCCc1ccc(S(=O)(=O)C2CCCC2)cc1)C1CCC1. The van der Waals surface area contributed by atoms with Crippen LogP contribution in [0.1, 0.15) is 50.5 Å². The van der Waals surface area contributed by atoms with Gasteiger partial charge in [0, 0.05) is 12.5 Å². The first-order chi connectivity index (χ1) is 11.1. The second-order valence-electron chi connectivity index (χ2n) is 6.76. The highest BCUT2D eigenvalue weighted by atomic mass is 32.2. The highest BCUT2D eigenvalue weighted by Gasteiger charge is 2.30. The molecule has 2 saturated carbocycles. The Kier molecular flexibility index (Phi) is 5.05. The van der Waals surface area contributed by atoms with Crippen molar-refractivity contribution >= 4 is 15.7 Å². The fourth-order valence-corrected chi connectivity index (χ4v) is 5.24. The van der Waals surface area contributed by atoms with Crippen molar-refractivity contribution in [1.29, 1.82) is 0 Å². The Morgan fingerprint density at radius 1 is 1.00 bits per heavy atom. The Hall–Kier alpha value is -1.36. The van der Waals surface area contributed by atoms with Crippen molar-refractivity contribution in [3.8, 4) is 0 Å². The van der Waals surface area contributed by atoms with Gasteiger partial charge >= 0.3 is 0 Å². The summed E-state index contributed by atoms with van der Waals surface area (Å²) in [5.41, 5.74) is 1.06. The molecule has 23 heavy (non-hydrogen) atoms. The molecular weight excluding hydrogens is 310 g/mol. The van der Waals surface area contributed by atoms with E-state index in [1.54, 1.807) is 12.1 Å². The predicted molar refractivity (Wildman–Crippen MR) is 89.9 cm³/mol. The number of hydrogen-bond acceptors (Lipinski definition) is 3. The lowest BCUT2D eigenvalue weighted by molar-refractivity contribution is -0.127. The second-order valence-corrected chi connectivity index (χ2v) is 8.99. The fourth-order valence-electron chi connectivity index (χ4n) is 3.38. The molecule has 3 rings (SSSR count). The molecule has 2 aliphatic rings. The Morgan fingerprint density at radius 3 is 2.22 bits per heavy atom.